The van der Waals surface area contributed by atoms with Crippen LogP contribution in [-0.4, -0.2) is 89.5 Å². The molecule has 1 N–H and O–H groups in total. The van der Waals surface area contributed by atoms with Gasteiger partial charge in [-0.15, -0.1) is 6.58 Å². The molecule has 11 nitrogen and oxygen atoms in total. The van der Waals surface area contributed by atoms with E-state index in [4.69, 9.17) is 19.2 Å². The monoisotopic (exact) mass is 724 g/mol. The molecule has 1 saturated carbocycles. The SMILES string of the molecule is C=CC1CC1(NC(=O)[C@@H]1C[C@@H](Oc2cc(-c3ccccc3)nc3cc(OC)ccc23)CN1C(=O)C(CC(=O)N1CCCCC1)C(C)(C)C)C(=O)OCC. The predicted octanol–water partition coefficient (Wildman–Crippen LogP) is 5.95. The molecule has 53 heavy (non-hydrogen) atoms. The molecule has 0 spiro atoms. The van der Waals surface area contributed by atoms with Crippen molar-refractivity contribution in [3.05, 3.63) is 67.3 Å². The molecule has 3 amide bonds. The largest absolute Gasteiger partial charge is 0.497 e. The van der Waals surface area contributed by atoms with Crippen LogP contribution in [0, 0.1) is 17.3 Å². The van der Waals surface area contributed by atoms with E-state index in [1.54, 1.807) is 25.0 Å². The lowest BCUT2D eigenvalue weighted by molar-refractivity contribution is -0.151. The highest BCUT2D eigenvalue weighted by molar-refractivity contribution is 5.96. The summed E-state index contributed by atoms with van der Waals surface area (Å²) in [6.07, 6.45) is 4.63. The molecule has 0 bridgehead atoms. The van der Waals surface area contributed by atoms with Crippen molar-refractivity contribution in [3.8, 4) is 22.8 Å². The molecule has 1 aromatic heterocycles. The van der Waals surface area contributed by atoms with Crippen molar-refractivity contribution in [1.29, 1.82) is 0 Å². The summed E-state index contributed by atoms with van der Waals surface area (Å²) in [5.74, 6) is -1.10. The number of aromatic nitrogens is 1. The quantitative estimate of drug-likeness (QED) is 0.180. The van der Waals surface area contributed by atoms with Gasteiger partial charge in [-0.05, 0) is 50.2 Å². The van der Waals surface area contributed by atoms with E-state index in [1.807, 2.05) is 80.3 Å². The summed E-state index contributed by atoms with van der Waals surface area (Å²) in [4.78, 5) is 64.2. The van der Waals surface area contributed by atoms with E-state index >= 15 is 0 Å². The first-order valence-corrected chi connectivity index (χ1v) is 18.8. The smallest absolute Gasteiger partial charge is 0.332 e. The molecule has 2 aliphatic heterocycles. The molecule has 5 atom stereocenters. The maximum atomic E-state index is 14.8. The van der Waals surface area contributed by atoms with E-state index < -0.39 is 40.9 Å². The Kier molecular flexibility index (Phi) is 11.1. The fraction of sp³-hybridized carbons (Fsp3) is 0.500. The molecule has 1 aliphatic carbocycles. The maximum absolute atomic E-state index is 14.8. The molecule has 3 aliphatic rings. The number of nitrogens with one attached hydrogen (secondary N) is 1. The lowest BCUT2D eigenvalue weighted by Gasteiger charge is -2.36. The van der Waals surface area contributed by atoms with Gasteiger partial charge in [0.15, 0.2) is 0 Å². The summed E-state index contributed by atoms with van der Waals surface area (Å²) in [7, 11) is 1.60. The summed E-state index contributed by atoms with van der Waals surface area (Å²) < 4.78 is 17.6. The summed E-state index contributed by atoms with van der Waals surface area (Å²) in [5, 5.41) is 3.73. The Morgan fingerprint density at radius 1 is 1.06 bits per heavy atom. The zero-order valence-corrected chi connectivity index (χ0v) is 31.6. The van der Waals surface area contributed by atoms with Crippen molar-refractivity contribution in [1.82, 2.24) is 20.1 Å². The first-order chi connectivity index (χ1) is 25.4. The molecule has 3 fully saturated rings. The Balaban J connectivity index is 1.34. The number of pyridine rings is 1. The molecule has 0 radical (unpaired) electrons. The lowest BCUT2D eigenvalue weighted by Crippen LogP contribution is -2.55. The third-order valence-corrected chi connectivity index (χ3v) is 10.9. The average molecular weight is 725 g/mol. The van der Waals surface area contributed by atoms with E-state index in [1.165, 1.54) is 0 Å². The zero-order chi connectivity index (χ0) is 37.9. The number of hydrogen-bond donors (Lipinski definition) is 1. The van der Waals surface area contributed by atoms with Crippen LogP contribution in [0.25, 0.3) is 22.2 Å². The third kappa shape index (κ3) is 8.04. The fourth-order valence-electron chi connectivity index (χ4n) is 7.69. The molecule has 11 heteroatoms. The lowest BCUT2D eigenvalue weighted by atomic mass is 9.77. The molecule has 2 saturated heterocycles. The number of carbonyl (C=O) groups is 4. The zero-order valence-electron chi connectivity index (χ0n) is 31.6. The Morgan fingerprint density at radius 2 is 1.79 bits per heavy atom. The summed E-state index contributed by atoms with van der Waals surface area (Å²) in [6, 6.07) is 16.3. The van der Waals surface area contributed by atoms with Gasteiger partial charge in [0.2, 0.25) is 17.7 Å². The van der Waals surface area contributed by atoms with Crippen LogP contribution in [0.5, 0.6) is 11.5 Å². The van der Waals surface area contributed by atoms with Crippen LogP contribution >= 0.6 is 0 Å². The average Bonchev–Trinajstić information content (AvgIpc) is 3.72. The Hall–Kier alpha value is -4.93. The predicted molar refractivity (Wildman–Crippen MR) is 202 cm³/mol. The molecule has 6 rings (SSSR count). The maximum Gasteiger partial charge on any atom is 0.332 e. The van der Waals surface area contributed by atoms with Gasteiger partial charge in [-0.1, -0.05) is 57.2 Å². The van der Waals surface area contributed by atoms with E-state index in [0.717, 1.165) is 30.2 Å². The van der Waals surface area contributed by atoms with Crippen molar-refractivity contribution < 1.29 is 33.4 Å². The van der Waals surface area contributed by atoms with Crippen LogP contribution in [-0.2, 0) is 23.9 Å². The normalized spacial score (nSPS) is 23.2. The van der Waals surface area contributed by atoms with E-state index in [9.17, 15) is 19.2 Å². The Morgan fingerprint density at radius 3 is 2.43 bits per heavy atom. The van der Waals surface area contributed by atoms with E-state index in [2.05, 4.69) is 11.9 Å². The minimum atomic E-state index is -1.24. The van der Waals surface area contributed by atoms with Crippen molar-refractivity contribution in [2.75, 3.05) is 33.4 Å². The topological polar surface area (TPSA) is 127 Å². The number of hydrogen-bond acceptors (Lipinski definition) is 8. The van der Waals surface area contributed by atoms with Crippen LogP contribution in [0.4, 0.5) is 0 Å². The molecular formula is C42H52N4O7. The number of amides is 3. The standard InChI is InChI=1S/C42H52N4O7/c1-7-28-25-42(28,40(50)52-8-2)44-38(48)35-22-30(26-46(35)39(49)32(41(3,4)5)23-37(47)45-19-13-10-14-20-45)53-36-24-33(27-15-11-9-12-16-27)43-34-21-29(51-6)17-18-31(34)36/h7,9,11-12,15-18,21,24,28,30,32,35H,1,8,10,13-14,19-20,22-23,25-26H2,2-6H3,(H,44,48)/t28?,30-,32?,35+,42?/m1/s1. The molecule has 282 valence electrons. The van der Waals surface area contributed by atoms with Gasteiger partial charge in [0, 0.05) is 54.9 Å². The second-order valence-corrected chi connectivity index (χ2v) is 15.5. The second kappa shape index (κ2) is 15.6. The number of rotatable bonds is 12. The fourth-order valence-corrected chi connectivity index (χ4v) is 7.69. The van der Waals surface area contributed by atoms with Crippen LogP contribution in [0.15, 0.2) is 67.3 Å². The van der Waals surface area contributed by atoms with Crippen molar-refractivity contribution >= 4 is 34.6 Å². The van der Waals surface area contributed by atoms with Crippen LogP contribution in [0.1, 0.15) is 66.2 Å². The van der Waals surface area contributed by atoms with E-state index in [-0.39, 0.29) is 43.7 Å². The molecule has 3 heterocycles. The van der Waals surface area contributed by atoms with Crippen molar-refractivity contribution in [2.45, 2.75) is 83.9 Å². The van der Waals surface area contributed by atoms with Gasteiger partial charge >= 0.3 is 5.97 Å². The van der Waals surface area contributed by atoms with Gasteiger partial charge in [-0.2, -0.15) is 0 Å². The van der Waals surface area contributed by atoms with Crippen LogP contribution < -0.4 is 14.8 Å². The second-order valence-electron chi connectivity index (χ2n) is 15.5. The molecule has 2 aromatic carbocycles. The number of esters is 1. The van der Waals surface area contributed by atoms with Crippen molar-refractivity contribution in [2.24, 2.45) is 17.3 Å². The summed E-state index contributed by atoms with van der Waals surface area (Å²) >= 11 is 0. The van der Waals surface area contributed by atoms with Crippen LogP contribution in [0.3, 0.4) is 0 Å². The third-order valence-electron chi connectivity index (χ3n) is 10.9. The number of likely N-dealkylation sites (tertiary alicyclic amines) is 2. The highest BCUT2D eigenvalue weighted by Gasteiger charge is 2.62. The minimum Gasteiger partial charge on any atom is -0.497 e. The van der Waals surface area contributed by atoms with Gasteiger partial charge in [-0.25, -0.2) is 9.78 Å². The number of benzene rings is 2. The van der Waals surface area contributed by atoms with Gasteiger partial charge in [0.25, 0.3) is 0 Å². The van der Waals surface area contributed by atoms with Gasteiger partial charge in [0.1, 0.15) is 29.2 Å². The molecular weight excluding hydrogens is 672 g/mol. The van der Waals surface area contributed by atoms with E-state index in [0.29, 0.717) is 42.2 Å². The molecule has 3 unspecified atom stereocenters. The Bertz CT molecular complexity index is 1850. The number of ether oxygens (including phenoxy) is 3. The Labute approximate surface area is 312 Å². The number of methoxy groups -OCH3 is 1. The number of carbonyl (C=O) groups excluding carboxylic acids is 4. The van der Waals surface area contributed by atoms with Gasteiger partial charge in [-0.3, -0.25) is 14.4 Å². The highest BCUT2D eigenvalue weighted by atomic mass is 16.5. The summed E-state index contributed by atoms with van der Waals surface area (Å²) in [6.45, 7) is 13.1. The first-order valence-electron chi connectivity index (χ1n) is 18.8. The first kappa shape index (κ1) is 37.8. The highest BCUT2D eigenvalue weighted by Crippen LogP contribution is 2.46. The molecule has 3 aromatic rings. The van der Waals surface area contributed by atoms with Crippen LogP contribution in [0.2, 0.25) is 0 Å². The number of nitrogens with zero attached hydrogens (tertiary/aromatic N) is 3. The van der Waals surface area contributed by atoms with Gasteiger partial charge < -0.3 is 29.3 Å². The number of fused-ring (bicyclic) bond motifs is 1. The number of piperidine rings is 1. The summed E-state index contributed by atoms with van der Waals surface area (Å²) in [5.41, 5.74) is 0.460. The minimum absolute atomic E-state index is 0.0429. The van der Waals surface area contributed by atoms with Gasteiger partial charge in [0.05, 0.1) is 37.4 Å². The van der Waals surface area contributed by atoms with Crippen molar-refractivity contribution in [3.63, 3.8) is 0 Å².